The molecule has 0 heterocycles. The first-order valence-electron chi connectivity index (χ1n) is 7.35. The lowest BCUT2D eigenvalue weighted by Crippen LogP contribution is -2.08. The van der Waals surface area contributed by atoms with Gasteiger partial charge in [0.15, 0.2) is 0 Å². The molecule has 0 aliphatic heterocycles. The summed E-state index contributed by atoms with van der Waals surface area (Å²) in [5.41, 5.74) is 12.2. The maximum atomic E-state index is 2.43. The summed E-state index contributed by atoms with van der Waals surface area (Å²) in [6.45, 7) is 15.4. The van der Waals surface area contributed by atoms with Crippen LogP contribution in [0.25, 0.3) is 0 Å². The van der Waals surface area contributed by atoms with Crippen LogP contribution < -0.4 is 3.11 Å². The average Bonchev–Trinajstić information content (AvgIpc) is 2.46. The summed E-state index contributed by atoms with van der Waals surface area (Å²) >= 11 is 2.43. The van der Waals surface area contributed by atoms with E-state index in [1.54, 1.807) is 0 Å². The van der Waals surface area contributed by atoms with E-state index < -0.39 is 0 Å². The van der Waals surface area contributed by atoms with Crippen LogP contribution >= 0.6 is 22.9 Å². The Hall–Kier alpha value is -1.03. The first kappa shape index (κ1) is 16.3. The minimum Gasteiger partial charge on any atom is -0.282 e. The lowest BCUT2D eigenvalue weighted by molar-refractivity contribution is 1.19. The van der Waals surface area contributed by atoms with Gasteiger partial charge >= 0.3 is 0 Å². The normalized spacial score (nSPS) is 10.9. The molecule has 0 aromatic heterocycles. The molecular formula is C19H24IN. The van der Waals surface area contributed by atoms with Crippen LogP contribution in [0, 0.1) is 48.5 Å². The molecule has 0 atom stereocenters. The van der Waals surface area contributed by atoms with E-state index in [0.717, 1.165) is 0 Å². The van der Waals surface area contributed by atoms with Gasteiger partial charge in [0.1, 0.15) is 0 Å². The van der Waals surface area contributed by atoms with Crippen molar-refractivity contribution in [2.45, 2.75) is 48.5 Å². The standard InChI is InChI=1S/C19H24IN/c1-11-8-9-18(16(6)13(11)3)21(20)19-10-12(2)14(4)15(5)17(19)7/h8-10H,1-7H3. The van der Waals surface area contributed by atoms with Gasteiger partial charge in [0.2, 0.25) is 0 Å². The maximum absolute atomic E-state index is 2.43. The highest BCUT2D eigenvalue weighted by atomic mass is 127. The van der Waals surface area contributed by atoms with Crippen LogP contribution in [0.5, 0.6) is 0 Å². The van der Waals surface area contributed by atoms with Crippen LogP contribution in [-0.2, 0) is 0 Å². The maximum Gasteiger partial charge on any atom is 0.0646 e. The molecule has 0 saturated heterocycles. The van der Waals surface area contributed by atoms with Crippen molar-refractivity contribution in [2.75, 3.05) is 3.11 Å². The van der Waals surface area contributed by atoms with Crippen LogP contribution in [0.15, 0.2) is 18.2 Å². The van der Waals surface area contributed by atoms with Crippen LogP contribution in [0.2, 0.25) is 0 Å². The average molecular weight is 393 g/mol. The molecule has 0 unspecified atom stereocenters. The van der Waals surface area contributed by atoms with Gasteiger partial charge in [-0.3, -0.25) is 3.11 Å². The molecule has 0 N–H and O–H groups in total. The summed E-state index contributed by atoms with van der Waals surface area (Å²) in [5.74, 6) is 0. The SMILES string of the molecule is Cc1ccc(N(I)c2cc(C)c(C)c(C)c2C)c(C)c1C. The Morgan fingerprint density at radius 1 is 0.619 bits per heavy atom. The van der Waals surface area contributed by atoms with E-state index in [2.05, 4.69) is 92.6 Å². The molecule has 2 aromatic carbocycles. The van der Waals surface area contributed by atoms with Crippen molar-refractivity contribution < 1.29 is 0 Å². The molecule has 1 nitrogen and oxygen atoms in total. The van der Waals surface area contributed by atoms with Gasteiger partial charge in [-0.2, -0.15) is 0 Å². The van der Waals surface area contributed by atoms with Crippen molar-refractivity contribution in [1.29, 1.82) is 0 Å². The van der Waals surface area contributed by atoms with Crippen molar-refractivity contribution in [3.05, 3.63) is 57.1 Å². The minimum absolute atomic E-state index is 1.28. The molecule has 112 valence electrons. The second-order valence-electron chi connectivity index (χ2n) is 6.02. The van der Waals surface area contributed by atoms with Gasteiger partial charge in [-0.05, 0) is 99.5 Å². The molecule has 0 bridgehead atoms. The second-order valence-corrected chi connectivity index (χ2v) is 6.98. The summed E-state index contributed by atoms with van der Waals surface area (Å²) in [7, 11) is 0. The van der Waals surface area contributed by atoms with Gasteiger partial charge in [0, 0.05) is 0 Å². The third kappa shape index (κ3) is 2.83. The van der Waals surface area contributed by atoms with Crippen LogP contribution in [0.4, 0.5) is 11.4 Å². The molecule has 2 heteroatoms. The molecule has 0 spiro atoms. The van der Waals surface area contributed by atoms with E-state index in [1.165, 1.54) is 50.3 Å². The summed E-state index contributed by atoms with van der Waals surface area (Å²) in [4.78, 5) is 0. The van der Waals surface area contributed by atoms with Crippen LogP contribution in [0.3, 0.4) is 0 Å². The van der Waals surface area contributed by atoms with Gasteiger partial charge < -0.3 is 0 Å². The zero-order chi connectivity index (χ0) is 15.9. The molecule has 0 amide bonds. The largest absolute Gasteiger partial charge is 0.282 e. The van der Waals surface area contributed by atoms with Crippen molar-refractivity contribution in [2.24, 2.45) is 0 Å². The van der Waals surface area contributed by atoms with Gasteiger partial charge in [0.25, 0.3) is 0 Å². The predicted octanol–water partition coefficient (Wildman–Crippen LogP) is 6.33. The van der Waals surface area contributed by atoms with E-state index in [9.17, 15) is 0 Å². The molecule has 2 aromatic rings. The monoisotopic (exact) mass is 393 g/mol. The molecule has 0 fully saturated rings. The van der Waals surface area contributed by atoms with Gasteiger partial charge in [-0.1, -0.05) is 6.07 Å². The second kappa shape index (κ2) is 5.99. The fourth-order valence-corrected chi connectivity index (χ4v) is 3.70. The highest BCUT2D eigenvalue weighted by Gasteiger charge is 2.16. The highest BCUT2D eigenvalue weighted by Crippen LogP contribution is 2.38. The van der Waals surface area contributed by atoms with Gasteiger partial charge in [-0.15, -0.1) is 0 Å². The summed E-state index contributed by atoms with van der Waals surface area (Å²) in [6, 6.07) is 6.75. The molecule has 0 aliphatic rings. The van der Waals surface area contributed by atoms with Crippen LogP contribution in [-0.4, -0.2) is 0 Å². The fourth-order valence-electron chi connectivity index (χ4n) is 2.68. The van der Waals surface area contributed by atoms with E-state index in [1.807, 2.05) is 0 Å². The Bertz CT molecular complexity index is 701. The summed E-state index contributed by atoms with van der Waals surface area (Å²) in [5, 5.41) is 0. The first-order chi connectivity index (χ1) is 9.75. The number of rotatable bonds is 2. The number of benzene rings is 2. The lowest BCUT2D eigenvalue weighted by atomic mass is 9.97. The Kier molecular flexibility index (Phi) is 4.66. The van der Waals surface area contributed by atoms with Crippen molar-refractivity contribution in [3.8, 4) is 0 Å². The number of nitrogens with zero attached hydrogens (tertiary/aromatic N) is 1. The van der Waals surface area contributed by atoms with E-state index in [4.69, 9.17) is 0 Å². The molecule has 2 rings (SSSR count). The highest BCUT2D eigenvalue weighted by molar-refractivity contribution is 14.1. The van der Waals surface area contributed by atoms with Gasteiger partial charge in [0.05, 0.1) is 34.2 Å². The molecule has 21 heavy (non-hydrogen) atoms. The Morgan fingerprint density at radius 3 is 1.76 bits per heavy atom. The third-order valence-electron chi connectivity index (χ3n) is 4.91. The number of aryl methyl sites for hydroxylation is 2. The van der Waals surface area contributed by atoms with Crippen molar-refractivity contribution in [3.63, 3.8) is 0 Å². The quantitative estimate of drug-likeness (QED) is 0.426. The topological polar surface area (TPSA) is 3.24 Å². The number of anilines is 2. The Labute approximate surface area is 142 Å². The minimum atomic E-state index is 1.28. The first-order valence-corrected chi connectivity index (χ1v) is 8.32. The summed E-state index contributed by atoms with van der Waals surface area (Å²) in [6.07, 6.45) is 0. The zero-order valence-corrected chi connectivity index (χ0v) is 16.2. The Morgan fingerprint density at radius 2 is 1.14 bits per heavy atom. The third-order valence-corrected chi connectivity index (χ3v) is 5.95. The van der Waals surface area contributed by atoms with Crippen LogP contribution in [0.1, 0.15) is 38.9 Å². The van der Waals surface area contributed by atoms with E-state index >= 15 is 0 Å². The fraction of sp³-hybridized carbons (Fsp3) is 0.368. The molecule has 0 radical (unpaired) electrons. The molecule has 0 saturated carbocycles. The van der Waals surface area contributed by atoms with Crippen molar-refractivity contribution >= 4 is 34.2 Å². The summed E-state index contributed by atoms with van der Waals surface area (Å²) < 4.78 is 2.30. The Balaban J connectivity index is 2.61. The smallest absolute Gasteiger partial charge is 0.0646 e. The number of halogens is 1. The number of hydrogen-bond acceptors (Lipinski definition) is 1. The lowest BCUT2D eigenvalue weighted by Gasteiger charge is -2.25. The van der Waals surface area contributed by atoms with E-state index in [-0.39, 0.29) is 0 Å². The molecule has 0 aliphatic carbocycles. The van der Waals surface area contributed by atoms with Gasteiger partial charge in [-0.25, -0.2) is 0 Å². The van der Waals surface area contributed by atoms with Crippen molar-refractivity contribution in [1.82, 2.24) is 0 Å². The van der Waals surface area contributed by atoms with E-state index in [0.29, 0.717) is 0 Å². The zero-order valence-electron chi connectivity index (χ0n) is 14.1. The predicted molar refractivity (Wildman–Crippen MR) is 102 cm³/mol. The number of hydrogen-bond donors (Lipinski definition) is 0. The molecular weight excluding hydrogens is 369 g/mol.